The maximum atomic E-state index is 8.68. The number of halogens is 2. The van der Waals surface area contributed by atoms with E-state index in [-0.39, 0.29) is 12.6 Å². The average Bonchev–Trinajstić information content (AvgIpc) is 2.14. The van der Waals surface area contributed by atoms with Crippen molar-refractivity contribution in [2.45, 2.75) is 18.9 Å². The number of rotatable bonds is 4. The molecule has 0 heterocycles. The molecule has 3 N–H and O–H groups in total. The van der Waals surface area contributed by atoms with Crippen molar-refractivity contribution >= 4 is 23.2 Å². The number of hydrogen-bond donors (Lipinski definition) is 2. The van der Waals surface area contributed by atoms with Crippen molar-refractivity contribution < 1.29 is 5.11 Å². The molecule has 1 rings (SSSR count). The van der Waals surface area contributed by atoms with Gasteiger partial charge in [-0.15, -0.1) is 0 Å². The van der Waals surface area contributed by atoms with Gasteiger partial charge in [0.1, 0.15) is 0 Å². The van der Waals surface area contributed by atoms with Gasteiger partial charge in [0.05, 0.1) is 0 Å². The highest BCUT2D eigenvalue weighted by Crippen LogP contribution is 2.30. The van der Waals surface area contributed by atoms with Gasteiger partial charge in [-0.2, -0.15) is 0 Å². The van der Waals surface area contributed by atoms with Crippen molar-refractivity contribution in [3.63, 3.8) is 0 Å². The van der Waals surface area contributed by atoms with Gasteiger partial charge in [0.2, 0.25) is 0 Å². The topological polar surface area (TPSA) is 46.2 Å². The van der Waals surface area contributed by atoms with Crippen LogP contribution in [-0.2, 0) is 0 Å². The first-order valence-corrected chi connectivity index (χ1v) is 5.22. The molecule has 0 bridgehead atoms. The second-order valence-electron chi connectivity index (χ2n) is 3.11. The van der Waals surface area contributed by atoms with E-state index in [1.807, 2.05) is 0 Å². The molecule has 0 amide bonds. The van der Waals surface area contributed by atoms with E-state index in [9.17, 15) is 0 Å². The van der Waals surface area contributed by atoms with Crippen LogP contribution in [0.15, 0.2) is 18.2 Å². The fourth-order valence-corrected chi connectivity index (χ4v) is 2.00. The number of aliphatic hydroxyl groups excluding tert-OH is 1. The zero-order valence-electron chi connectivity index (χ0n) is 7.71. The van der Waals surface area contributed by atoms with Crippen LogP contribution in [0.1, 0.15) is 24.4 Å². The normalized spacial score (nSPS) is 12.9. The maximum absolute atomic E-state index is 8.68. The monoisotopic (exact) mass is 233 g/mol. The molecule has 0 saturated carbocycles. The van der Waals surface area contributed by atoms with E-state index in [1.165, 1.54) is 0 Å². The van der Waals surface area contributed by atoms with Crippen LogP contribution in [0.25, 0.3) is 0 Å². The molecule has 0 aliphatic heterocycles. The lowest BCUT2D eigenvalue weighted by Crippen LogP contribution is -2.12. The van der Waals surface area contributed by atoms with Gasteiger partial charge in [-0.25, -0.2) is 0 Å². The SMILES string of the molecule is N[C@@H](CCCO)c1c(Cl)cccc1Cl. The summed E-state index contributed by atoms with van der Waals surface area (Å²) in [6.07, 6.45) is 1.34. The molecule has 0 fully saturated rings. The van der Waals surface area contributed by atoms with Gasteiger partial charge < -0.3 is 10.8 Å². The summed E-state index contributed by atoms with van der Waals surface area (Å²) in [4.78, 5) is 0. The smallest absolute Gasteiger partial charge is 0.0468 e. The Hall–Kier alpha value is -0.280. The van der Waals surface area contributed by atoms with Gasteiger partial charge in [0.15, 0.2) is 0 Å². The summed E-state index contributed by atoms with van der Waals surface area (Å²) < 4.78 is 0. The molecule has 0 aromatic heterocycles. The van der Waals surface area contributed by atoms with Crippen molar-refractivity contribution in [3.8, 4) is 0 Å². The first kappa shape index (κ1) is 11.8. The minimum Gasteiger partial charge on any atom is -0.396 e. The largest absolute Gasteiger partial charge is 0.396 e. The Bertz CT molecular complexity index is 284. The Labute approximate surface area is 93.6 Å². The van der Waals surface area contributed by atoms with Gasteiger partial charge in [-0.05, 0) is 25.0 Å². The molecule has 0 radical (unpaired) electrons. The van der Waals surface area contributed by atoms with Gasteiger partial charge >= 0.3 is 0 Å². The van der Waals surface area contributed by atoms with E-state index in [1.54, 1.807) is 18.2 Å². The second kappa shape index (κ2) is 5.56. The zero-order chi connectivity index (χ0) is 10.6. The third-order valence-corrected chi connectivity index (χ3v) is 2.70. The molecule has 4 heteroatoms. The molecule has 0 saturated heterocycles. The van der Waals surface area contributed by atoms with Crippen molar-refractivity contribution in [1.29, 1.82) is 0 Å². The lowest BCUT2D eigenvalue weighted by atomic mass is 10.0. The van der Waals surface area contributed by atoms with E-state index in [4.69, 9.17) is 34.0 Å². The molecule has 1 aromatic rings. The number of aliphatic hydroxyl groups is 1. The Morgan fingerprint density at radius 1 is 1.29 bits per heavy atom. The molecule has 2 nitrogen and oxygen atoms in total. The summed E-state index contributed by atoms with van der Waals surface area (Å²) in [5.74, 6) is 0. The Balaban J connectivity index is 2.82. The maximum Gasteiger partial charge on any atom is 0.0468 e. The highest BCUT2D eigenvalue weighted by molar-refractivity contribution is 6.36. The third-order valence-electron chi connectivity index (χ3n) is 2.04. The first-order chi connectivity index (χ1) is 6.66. The average molecular weight is 234 g/mol. The van der Waals surface area contributed by atoms with E-state index < -0.39 is 0 Å². The standard InChI is InChI=1S/C10H13Cl2NO/c11-7-3-1-4-8(12)10(7)9(13)5-2-6-14/h1,3-4,9,14H,2,5-6,13H2/t9-/m0/s1. The van der Waals surface area contributed by atoms with Crippen LogP contribution in [0, 0.1) is 0 Å². The molecule has 0 unspecified atom stereocenters. The summed E-state index contributed by atoms with van der Waals surface area (Å²) in [6, 6.07) is 5.11. The van der Waals surface area contributed by atoms with Crippen LogP contribution in [0.2, 0.25) is 10.0 Å². The summed E-state index contributed by atoms with van der Waals surface area (Å²) in [6.45, 7) is 0.135. The minimum absolute atomic E-state index is 0.135. The van der Waals surface area contributed by atoms with Crippen LogP contribution >= 0.6 is 23.2 Å². The predicted octanol–water partition coefficient (Wildman–Crippen LogP) is 2.77. The highest BCUT2D eigenvalue weighted by Gasteiger charge is 2.13. The quantitative estimate of drug-likeness (QED) is 0.841. The Morgan fingerprint density at radius 3 is 2.36 bits per heavy atom. The summed E-state index contributed by atoms with van der Waals surface area (Å²) in [5, 5.41) is 9.85. The molecule has 0 aliphatic rings. The molecule has 14 heavy (non-hydrogen) atoms. The van der Waals surface area contributed by atoms with Crippen molar-refractivity contribution in [1.82, 2.24) is 0 Å². The van der Waals surface area contributed by atoms with E-state index in [0.717, 1.165) is 5.56 Å². The van der Waals surface area contributed by atoms with Crippen molar-refractivity contribution in [3.05, 3.63) is 33.8 Å². The number of benzene rings is 1. The lowest BCUT2D eigenvalue weighted by Gasteiger charge is -2.14. The summed E-state index contributed by atoms with van der Waals surface area (Å²) in [7, 11) is 0. The minimum atomic E-state index is -0.205. The van der Waals surface area contributed by atoms with Crippen LogP contribution in [-0.4, -0.2) is 11.7 Å². The van der Waals surface area contributed by atoms with Crippen LogP contribution in [0.5, 0.6) is 0 Å². The zero-order valence-corrected chi connectivity index (χ0v) is 9.22. The van der Waals surface area contributed by atoms with Gasteiger partial charge in [0, 0.05) is 28.3 Å². The molecule has 78 valence electrons. The molecule has 1 aromatic carbocycles. The highest BCUT2D eigenvalue weighted by atomic mass is 35.5. The molecular weight excluding hydrogens is 221 g/mol. The summed E-state index contributed by atoms with van der Waals surface area (Å²) in [5.41, 5.74) is 6.67. The molecule has 0 spiro atoms. The fraction of sp³-hybridized carbons (Fsp3) is 0.400. The Morgan fingerprint density at radius 2 is 1.86 bits per heavy atom. The van der Waals surface area contributed by atoms with E-state index in [0.29, 0.717) is 22.9 Å². The number of nitrogens with two attached hydrogens (primary N) is 1. The van der Waals surface area contributed by atoms with Crippen molar-refractivity contribution in [2.75, 3.05) is 6.61 Å². The Kier molecular flexibility index (Phi) is 4.69. The first-order valence-electron chi connectivity index (χ1n) is 4.47. The number of hydrogen-bond acceptors (Lipinski definition) is 2. The third kappa shape index (κ3) is 2.85. The van der Waals surface area contributed by atoms with Crippen molar-refractivity contribution in [2.24, 2.45) is 5.73 Å². The second-order valence-corrected chi connectivity index (χ2v) is 3.92. The van der Waals surface area contributed by atoms with E-state index in [2.05, 4.69) is 0 Å². The van der Waals surface area contributed by atoms with Gasteiger partial charge in [-0.3, -0.25) is 0 Å². The molecular formula is C10H13Cl2NO. The van der Waals surface area contributed by atoms with E-state index >= 15 is 0 Å². The van der Waals surface area contributed by atoms with Gasteiger partial charge in [-0.1, -0.05) is 29.3 Å². The summed E-state index contributed by atoms with van der Waals surface area (Å²) >= 11 is 12.0. The predicted molar refractivity (Wildman–Crippen MR) is 59.7 cm³/mol. The van der Waals surface area contributed by atoms with Gasteiger partial charge in [0.25, 0.3) is 0 Å². The molecule has 0 aliphatic carbocycles. The molecule has 1 atom stereocenters. The lowest BCUT2D eigenvalue weighted by molar-refractivity contribution is 0.280. The fourth-order valence-electron chi connectivity index (χ4n) is 1.32. The van der Waals surface area contributed by atoms with Crippen LogP contribution < -0.4 is 5.73 Å². The van der Waals surface area contributed by atoms with Crippen LogP contribution in [0.3, 0.4) is 0 Å². The van der Waals surface area contributed by atoms with Crippen LogP contribution in [0.4, 0.5) is 0 Å².